The summed E-state index contributed by atoms with van der Waals surface area (Å²) in [6, 6.07) is 0.0671. The first-order chi connectivity index (χ1) is 9.97. The standard InChI is InChI=1S/C14H20ClN3O2S/c1-18-7-16-14(13(18)15)21(19,20)17-12-6-8-5-11(12)10-4-2-3-9(8)10/h7-12,17H,2-6H2,1H3/t8-,9-,10-,11+,12-/m1/s1. The molecule has 0 radical (unpaired) electrons. The highest BCUT2D eigenvalue weighted by atomic mass is 35.5. The van der Waals surface area contributed by atoms with E-state index in [2.05, 4.69) is 9.71 Å². The predicted octanol–water partition coefficient (Wildman–Crippen LogP) is 2.18. The largest absolute Gasteiger partial charge is 0.324 e. The Morgan fingerprint density at radius 1 is 1.29 bits per heavy atom. The highest BCUT2D eigenvalue weighted by molar-refractivity contribution is 7.89. The second-order valence-corrected chi connectivity index (χ2v) is 8.82. The van der Waals surface area contributed by atoms with Crippen molar-refractivity contribution in [1.82, 2.24) is 14.3 Å². The second kappa shape index (κ2) is 4.70. The minimum atomic E-state index is -3.62. The molecule has 1 N–H and O–H groups in total. The molecule has 3 aliphatic rings. The Hall–Kier alpha value is -0.590. The van der Waals surface area contributed by atoms with Crippen molar-refractivity contribution in [3.8, 4) is 0 Å². The highest BCUT2D eigenvalue weighted by Gasteiger charge is 2.54. The first-order valence-corrected chi connectivity index (χ1v) is 9.52. The van der Waals surface area contributed by atoms with Crippen LogP contribution >= 0.6 is 11.6 Å². The maximum atomic E-state index is 12.5. The third kappa shape index (κ3) is 2.06. The van der Waals surface area contributed by atoms with Gasteiger partial charge in [-0.25, -0.2) is 18.1 Å². The van der Waals surface area contributed by atoms with Gasteiger partial charge in [-0.05, 0) is 49.4 Å². The molecule has 0 saturated heterocycles. The average Bonchev–Trinajstić information content (AvgIpc) is 3.12. The van der Waals surface area contributed by atoms with Crippen molar-refractivity contribution in [1.29, 1.82) is 0 Å². The number of halogens is 1. The fourth-order valence-corrected chi connectivity index (χ4v) is 6.76. The molecule has 0 aromatic carbocycles. The van der Waals surface area contributed by atoms with Crippen molar-refractivity contribution >= 4 is 21.6 Å². The van der Waals surface area contributed by atoms with Crippen LogP contribution in [0.2, 0.25) is 5.15 Å². The van der Waals surface area contributed by atoms with Gasteiger partial charge in [0.2, 0.25) is 5.03 Å². The highest BCUT2D eigenvalue weighted by Crippen LogP contribution is 2.58. The van der Waals surface area contributed by atoms with Gasteiger partial charge >= 0.3 is 0 Å². The Balaban J connectivity index is 1.56. The summed E-state index contributed by atoms with van der Waals surface area (Å²) in [5.41, 5.74) is 0. The molecule has 3 saturated carbocycles. The number of fused-ring (bicyclic) bond motifs is 5. The normalized spacial score (nSPS) is 38.1. The second-order valence-electron chi connectivity index (χ2n) is 6.83. The number of aryl methyl sites for hydroxylation is 1. The van der Waals surface area contributed by atoms with Crippen molar-refractivity contribution in [2.75, 3.05) is 0 Å². The zero-order valence-electron chi connectivity index (χ0n) is 12.0. The summed E-state index contributed by atoms with van der Waals surface area (Å²) in [4.78, 5) is 3.94. The monoisotopic (exact) mass is 329 g/mol. The number of hydrogen-bond acceptors (Lipinski definition) is 3. The van der Waals surface area contributed by atoms with E-state index in [4.69, 9.17) is 11.6 Å². The molecule has 3 aliphatic carbocycles. The van der Waals surface area contributed by atoms with Crippen LogP contribution in [0.3, 0.4) is 0 Å². The van der Waals surface area contributed by atoms with Crippen LogP contribution in [-0.2, 0) is 17.1 Å². The fraction of sp³-hybridized carbons (Fsp3) is 0.786. The molecule has 5 nitrogen and oxygen atoms in total. The molecule has 1 aromatic rings. The molecule has 7 heteroatoms. The van der Waals surface area contributed by atoms with Gasteiger partial charge in [0.15, 0.2) is 0 Å². The third-order valence-corrected chi connectivity index (χ3v) is 7.80. The molecule has 116 valence electrons. The quantitative estimate of drug-likeness (QED) is 0.924. The van der Waals surface area contributed by atoms with Gasteiger partial charge in [0.25, 0.3) is 10.0 Å². The van der Waals surface area contributed by atoms with Gasteiger partial charge in [-0.1, -0.05) is 18.0 Å². The Bertz CT molecular complexity index is 672. The van der Waals surface area contributed by atoms with Crippen molar-refractivity contribution in [2.45, 2.75) is 43.2 Å². The van der Waals surface area contributed by atoms with Gasteiger partial charge in [0, 0.05) is 13.1 Å². The number of imidazole rings is 1. The Morgan fingerprint density at radius 2 is 2.05 bits per heavy atom. The van der Waals surface area contributed by atoms with Gasteiger partial charge in [-0.2, -0.15) is 0 Å². The van der Waals surface area contributed by atoms with Gasteiger partial charge in [-0.15, -0.1) is 0 Å². The van der Waals surface area contributed by atoms with E-state index in [1.807, 2.05) is 0 Å². The van der Waals surface area contributed by atoms with Crippen LogP contribution < -0.4 is 4.72 Å². The summed E-state index contributed by atoms with van der Waals surface area (Å²) in [7, 11) is -1.93. The van der Waals surface area contributed by atoms with Crippen LogP contribution in [0, 0.1) is 23.7 Å². The molecule has 0 amide bonds. The average molecular weight is 330 g/mol. The van der Waals surface area contributed by atoms with Crippen LogP contribution in [-0.4, -0.2) is 24.0 Å². The lowest BCUT2D eigenvalue weighted by atomic mass is 9.79. The van der Waals surface area contributed by atoms with E-state index >= 15 is 0 Å². The predicted molar refractivity (Wildman–Crippen MR) is 79.4 cm³/mol. The Labute approximate surface area is 130 Å². The molecular formula is C14H20ClN3O2S. The maximum Gasteiger partial charge on any atom is 0.261 e. The molecule has 21 heavy (non-hydrogen) atoms. The maximum absolute atomic E-state index is 12.5. The zero-order valence-corrected chi connectivity index (χ0v) is 13.6. The number of nitrogens with zero attached hydrogens (tertiary/aromatic N) is 2. The van der Waals surface area contributed by atoms with Crippen LogP contribution in [0.25, 0.3) is 0 Å². The zero-order chi connectivity index (χ0) is 14.8. The SMILES string of the molecule is Cn1cnc(S(=O)(=O)N[C@@H]2C[C@H]3C[C@H]2[C@@H]2CCC[C@H]32)c1Cl. The van der Waals surface area contributed by atoms with Crippen molar-refractivity contribution in [3.63, 3.8) is 0 Å². The molecule has 1 heterocycles. The lowest BCUT2D eigenvalue weighted by Gasteiger charge is -2.31. The van der Waals surface area contributed by atoms with Gasteiger partial charge in [0.05, 0.1) is 6.33 Å². The fourth-order valence-electron chi connectivity index (χ4n) is 5.03. The summed E-state index contributed by atoms with van der Waals surface area (Å²) in [6.07, 6.45) is 7.54. The van der Waals surface area contributed by atoms with Crippen LogP contribution in [0.1, 0.15) is 32.1 Å². The van der Waals surface area contributed by atoms with Crippen LogP contribution in [0.4, 0.5) is 0 Å². The molecule has 2 bridgehead atoms. The lowest BCUT2D eigenvalue weighted by Crippen LogP contribution is -2.42. The molecule has 4 rings (SSSR count). The van der Waals surface area contributed by atoms with Crippen LogP contribution in [0.15, 0.2) is 11.4 Å². The topological polar surface area (TPSA) is 64.0 Å². The summed E-state index contributed by atoms with van der Waals surface area (Å²) < 4.78 is 29.4. The van der Waals surface area contributed by atoms with E-state index in [0.29, 0.717) is 5.92 Å². The van der Waals surface area contributed by atoms with Gasteiger partial charge in [0.1, 0.15) is 5.15 Å². The number of rotatable bonds is 3. The number of sulfonamides is 1. The Kier molecular flexibility index (Phi) is 3.14. The van der Waals surface area contributed by atoms with E-state index in [-0.39, 0.29) is 16.2 Å². The molecule has 1 aromatic heterocycles. The van der Waals surface area contributed by atoms with Gasteiger partial charge < -0.3 is 4.57 Å². The summed E-state index contributed by atoms with van der Waals surface area (Å²) >= 11 is 6.03. The molecule has 0 unspecified atom stereocenters. The number of aromatic nitrogens is 2. The molecular weight excluding hydrogens is 310 g/mol. The van der Waals surface area contributed by atoms with E-state index < -0.39 is 10.0 Å². The molecule has 5 atom stereocenters. The van der Waals surface area contributed by atoms with Crippen molar-refractivity contribution in [2.24, 2.45) is 30.7 Å². The molecule has 0 spiro atoms. The van der Waals surface area contributed by atoms with E-state index in [1.165, 1.54) is 36.6 Å². The van der Waals surface area contributed by atoms with Crippen molar-refractivity contribution < 1.29 is 8.42 Å². The summed E-state index contributed by atoms with van der Waals surface area (Å²) in [5, 5.41) is 0.127. The van der Waals surface area contributed by atoms with E-state index in [9.17, 15) is 8.42 Å². The van der Waals surface area contributed by atoms with E-state index in [1.54, 1.807) is 7.05 Å². The molecule has 3 fully saturated rings. The molecule has 0 aliphatic heterocycles. The third-order valence-electron chi connectivity index (χ3n) is 5.82. The number of hydrogen-bond donors (Lipinski definition) is 1. The van der Waals surface area contributed by atoms with Crippen molar-refractivity contribution in [3.05, 3.63) is 11.5 Å². The Morgan fingerprint density at radius 3 is 2.76 bits per heavy atom. The number of nitrogens with one attached hydrogen (secondary N) is 1. The lowest BCUT2D eigenvalue weighted by molar-refractivity contribution is 0.224. The van der Waals surface area contributed by atoms with Gasteiger partial charge in [-0.3, -0.25) is 0 Å². The minimum absolute atomic E-state index is 0.0441. The first kappa shape index (κ1) is 14.0. The summed E-state index contributed by atoms with van der Waals surface area (Å²) in [6.45, 7) is 0. The summed E-state index contributed by atoms with van der Waals surface area (Å²) in [5.74, 6) is 2.82. The van der Waals surface area contributed by atoms with Crippen LogP contribution in [0.5, 0.6) is 0 Å². The minimum Gasteiger partial charge on any atom is -0.324 e. The first-order valence-electron chi connectivity index (χ1n) is 7.66. The van der Waals surface area contributed by atoms with E-state index in [0.717, 1.165) is 24.2 Å². The smallest absolute Gasteiger partial charge is 0.261 e.